The summed E-state index contributed by atoms with van der Waals surface area (Å²) < 4.78 is 17.3. The first kappa shape index (κ1) is 45.4. The number of benzene rings is 4. The predicted octanol–water partition coefficient (Wildman–Crippen LogP) is 8.57. The van der Waals surface area contributed by atoms with E-state index in [1.165, 1.54) is 36.9 Å². The minimum atomic E-state index is -3.00. The second-order valence-electron chi connectivity index (χ2n) is 16.0. The number of imide groups is 1. The minimum Gasteiger partial charge on any atom is -0.497 e. The van der Waals surface area contributed by atoms with Crippen LogP contribution in [-0.4, -0.2) is 71.0 Å². The van der Waals surface area contributed by atoms with Crippen molar-refractivity contribution in [3.63, 3.8) is 0 Å². The van der Waals surface area contributed by atoms with Crippen molar-refractivity contribution in [1.82, 2.24) is 15.1 Å². The molecule has 0 saturated carbocycles. The fraction of sp³-hybridized carbons (Fsp3) is 0.383. The van der Waals surface area contributed by atoms with Gasteiger partial charge in [-0.25, -0.2) is 9.69 Å². The van der Waals surface area contributed by atoms with E-state index in [-0.39, 0.29) is 48.1 Å². The first-order valence-electron chi connectivity index (χ1n) is 20.1. The van der Waals surface area contributed by atoms with E-state index < -0.39 is 40.4 Å². The maximum absolute atomic E-state index is 14.9. The topological polar surface area (TPSA) is 144 Å². The maximum Gasteiger partial charge on any atom is 0.333 e. The van der Waals surface area contributed by atoms with Crippen LogP contribution in [0.5, 0.6) is 11.5 Å². The number of amides is 5. The number of hydrogen-bond donors (Lipinski definition) is 2. The number of Topliss-reactive ketones (excluding diaryl/α,β-unsaturated/α-hetero) is 1. The van der Waals surface area contributed by atoms with Gasteiger partial charge in [-0.3, -0.25) is 24.1 Å². The van der Waals surface area contributed by atoms with E-state index in [0.29, 0.717) is 16.2 Å². The van der Waals surface area contributed by atoms with E-state index in [9.17, 15) is 24.0 Å². The molecule has 2 atom stereocenters. The van der Waals surface area contributed by atoms with Gasteiger partial charge in [0.05, 0.1) is 20.3 Å². The molecule has 4 aromatic rings. The molecule has 1 saturated heterocycles. The van der Waals surface area contributed by atoms with Crippen molar-refractivity contribution in [1.29, 1.82) is 0 Å². The summed E-state index contributed by atoms with van der Waals surface area (Å²) in [6, 6.07) is 27.6. The molecule has 1 heterocycles. The largest absolute Gasteiger partial charge is 0.497 e. The molecule has 2 unspecified atom stereocenters. The highest BCUT2D eigenvalue weighted by atomic mass is 35.5. The molecule has 5 rings (SSSR count). The lowest BCUT2D eigenvalue weighted by atomic mass is 9.76. The Morgan fingerprint density at radius 2 is 1.42 bits per heavy atom. The zero-order valence-corrected chi connectivity index (χ0v) is 36.4. The lowest BCUT2D eigenvalue weighted by Gasteiger charge is -2.34. The van der Waals surface area contributed by atoms with E-state index in [1.807, 2.05) is 6.07 Å². The summed E-state index contributed by atoms with van der Waals surface area (Å²) in [4.78, 5) is 70.6. The number of para-hydroxylation sites is 1. The Balaban J connectivity index is 1.46. The van der Waals surface area contributed by atoms with Crippen molar-refractivity contribution >= 4 is 46.8 Å². The van der Waals surface area contributed by atoms with Gasteiger partial charge in [-0.15, -0.1) is 0 Å². The summed E-state index contributed by atoms with van der Waals surface area (Å²) >= 11 is 7.12. The van der Waals surface area contributed by atoms with Crippen LogP contribution >= 0.6 is 11.6 Å². The molecule has 1 aliphatic rings. The molecule has 2 N–H and O–H groups in total. The molecule has 0 radical (unpaired) electrons. The molecule has 0 aliphatic carbocycles. The smallest absolute Gasteiger partial charge is 0.333 e. The van der Waals surface area contributed by atoms with Crippen molar-refractivity contribution in [2.75, 3.05) is 26.1 Å². The number of hydrogen-bond acceptors (Lipinski definition) is 8. The minimum absolute atomic E-state index is 0.0205. The van der Waals surface area contributed by atoms with Gasteiger partial charge in [-0.1, -0.05) is 114 Å². The third kappa shape index (κ3) is 9.19. The number of nitrogens with one attached hydrogen (secondary N) is 2. The Morgan fingerprint density at radius 3 is 2.00 bits per heavy atom. The molecule has 1 fully saturated rings. The van der Waals surface area contributed by atoms with Crippen LogP contribution < -0.4 is 20.1 Å². The van der Waals surface area contributed by atoms with Gasteiger partial charge in [-0.05, 0) is 83.7 Å². The Kier molecular flexibility index (Phi) is 14.1. The van der Waals surface area contributed by atoms with Crippen LogP contribution in [0.1, 0.15) is 94.3 Å². The van der Waals surface area contributed by atoms with Gasteiger partial charge >= 0.3 is 17.8 Å². The Morgan fingerprint density at radius 1 is 0.800 bits per heavy atom. The Labute approximate surface area is 357 Å². The van der Waals surface area contributed by atoms with Gasteiger partial charge in [0, 0.05) is 30.3 Å². The molecule has 0 aromatic heterocycles. The number of ether oxygens (including phenoxy) is 3. The van der Waals surface area contributed by atoms with E-state index in [2.05, 4.69) is 64.3 Å². The van der Waals surface area contributed by atoms with Crippen LogP contribution in [0.2, 0.25) is 0 Å². The number of urea groups is 1. The van der Waals surface area contributed by atoms with Crippen LogP contribution in [0.25, 0.3) is 0 Å². The van der Waals surface area contributed by atoms with Gasteiger partial charge in [0.2, 0.25) is 11.7 Å². The predicted molar refractivity (Wildman–Crippen MR) is 231 cm³/mol. The zero-order valence-electron chi connectivity index (χ0n) is 35.6. The molecule has 0 bridgehead atoms. The maximum atomic E-state index is 14.9. The van der Waals surface area contributed by atoms with E-state index in [1.54, 1.807) is 60.7 Å². The molecule has 13 heteroatoms. The Hall–Kier alpha value is -5.72. The van der Waals surface area contributed by atoms with Gasteiger partial charge in [0.15, 0.2) is 0 Å². The fourth-order valence-electron chi connectivity index (χ4n) is 6.84. The van der Waals surface area contributed by atoms with Crippen LogP contribution in [0.15, 0.2) is 103 Å². The van der Waals surface area contributed by atoms with Gasteiger partial charge in [0.25, 0.3) is 10.9 Å². The summed E-state index contributed by atoms with van der Waals surface area (Å²) in [5, 5.41) is 5.21. The number of anilines is 1. The number of carbonyl (C=O) groups is 5. The summed E-state index contributed by atoms with van der Waals surface area (Å²) in [5.41, 5.74) is 2.79. The molecular formula is C47H55ClN4O8. The standard InChI is InChI=1S/C47H55ClN4O8/c1-9-44(3,4)34-25-28-38(37(30-34)45(5,6)10-2)60-29-17-22-39(53)50-47(59-8)42(56)52(43(57)51(47)31-32-18-13-11-14-19-32)46(48,41(55)49-35-20-15-12-16-21-35)40(54)33-23-26-36(58-7)27-24-33/h11-16,18-21,23-28,30H,9-10,17,22,29,31H2,1-8H3,(H,49,55)(H,50,53). The van der Waals surface area contributed by atoms with Crippen molar-refractivity contribution in [2.45, 2.75) is 95.4 Å². The van der Waals surface area contributed by atoms with E-state index >= 15 is 0 Å². The normalized spacial score (nSPS) is 16.6. The molecule has 318 valence electrons. The number of methoxy groups -OCH3 is 2. The first-order chi connectivity index (χ1) is 28.5. The second-order valence-corrected chi connectivity index (χ2v) is 16.6. The monoisotopic (exact) mass is 838 g/mol. The van der Waals surface area contributed by atoms with Crippen molar-refractivity contribution < 1.29 is 38.2 Å². The van der Waals surface area contributed by atoms with Crippen molar-refractivity contribution in [3.05, 3.63) is 125 Å². The molecule has 5 amide bonds. The van der Waals surface area contributed by atoms with Crippen LogP contribution in [0, 0.1) is 0 Å². The van der Waals surface area contributed by atoms with Gasteiger partial charge in [-0.2, -0.15) is 0 Å². The van der Waals surface area contributed by atoms with Crippen LogP contribution in [0.4, 0.5) is 10.5 Å². The Bertz CT molecular complexity index is 2180. The average molecular weight is 839 g/mol. The number of carbonyl (C=O) groups excluding carboxylic acids is 5. The van der Waals surface area contributed by atoms with Gasteiger partial charge < -0.3 is 24.8 Å². The molecule has 60 heavy (non-hydrogen) atoms. The summed E-state index contributed by atoms with van der Waals surface area (Å²) in [7, 11) is 2.59. The third-order valence-corrected chi connectivity index (χ3v) is 12.0. The highest BCUT2D eigenvalue weighted by Gasteiger charge is 2.68. The van der Waals surface area contributed by atoms with Crippen molar-refractivity contribution in [2.24, 2.45) is 0 Å². The van der Waals surface area contributed by atoms with Gasteiger partial charge in [0.1, 0.15) is 11.5 Å². The lowest BCUT2D eigenvalue weighted by Crippen LogP contribution is -2.65. The number of halogens is 1. The summed E-state index contributed by atoms with van der Waals surface area (Å²) in [5.74, 6) is -5.57. The van der Waals surface area contributed by atoms with Crippen molar-refractivity contribution in [3.8, 4) is 11.5 Å². The number of alkyl halides is 1. The first-order valence-corrected chi connectivity index (χ1v) is 20.4. The lowest BCUT2D eigenvalue weighted by molar-refractivity contribution is -0.173. The molecule has 0 spiro atoms. The third-order valence-electron chi connectivity index (χ3n) is 11.4. The molecule has 1 aliphatic heterocycles. The highest BCUT2D eigenvalue weighted by Crippen LogP contribution is 2.40. The molecular weight excluding hydrogens is 784 g/mol. The molecule has 4 aromatic carbocycles. The quantitative estimate of drug-likeness (QED) is 0.0182. The fourth-order valence-corrected chi connectivity index (χ4v) is 7.14. The van der Waals surface area contributed by atoms with E-state index in [4.69, 9.17) is 25.8 Å². The van der Waals surface area contributed by atoms with Crippen LogP contribution in [0.3, 0.4) is 0 Å². The number of rotatable bonds is 19. The molecule has 12 nitrogen and oxygen atoms in total. The average Bonchev–Trinajstić information content (AvgIpc) is 3.46. The van der Waals surface area contributed by atoms with Crippen LogP contribution in [-0.2, 0) is 36.5 Å². The SMILES string of the molecule is CCC(C)(C)c1ccc(OCCCC(=O)NC2(OC)C(=O)N(C(Cl)(C(=O)Nc3ccccc3)C(=O)c3ccc(OC)cc3)C(=O)N2Cc2ccccc2)c(C(C)(C)CC)c1. The second kappa shape index (κ2) is 18.7. The van der Waals surface area contributed by atoms with E-state index in [0.717, 1.165) is 36.2 Å². The summed E-state index contributed by atoms with van der Waals surface area (Å²) in [6.07, 6.45) is 1.95. The zero-order chi connectivity index (χ0) is 43.9. The number of nitrogens with zero attached hydrogens (tertiary/aromatic N) is 2. The highest BCUT2D eigenvalue weighted by molar-refractivity contribution is 6.51. The summed E-state index contributed by atoms with van der Waals surface area (Å²) in [6.45, 7) is 13.0. The number of ketones is 1.